The Kier molecular flexibility index (Phi) is 3.81. The lowest BCUT2D eigenvalue weighted by molar-refractivity contribution is 0.535. The summed E-state index contributed by atoms with van der Waals surface area (Å²) >= 11 is 1.72. The monoisotopic (exact) mass is 199 g/mol. The highest BCUT2D eigenvalue weighted by molar-refractivity contribution is 7.99. The molecule has 0 spiro atoms. The fraction of sp³-hybridized carbons (Fsp3) is 0.667. The van der Waals surface area contributed by atoms with Gasteiger partial charge in [0.2, 0.25) is 0 Å². The molecule has 1 aromatic heterocycles. The van der Waals surface area contributed by atoms with Gasteiger partial charge in [-0.05, 0) is 5.92 Å². The number of nitrogens with two attached hydrogens (primary N) is 1. The number of imidazole rings is 1. The second-order valence-electron chi connectivity index (χ2n) is 3.54. The molecule has 0 saturated carbocycles. The highest BCUT2D eigenvalue weighted by Crippen LogP contribution is 2.16. The summed E-state index contributed by atoms with van der Waals surface area (Å²) in [4.78, 5) is 4.22. The molecule has 0 aliphatic rings. The van der Waals surface area contributed by atoms with Crippen LogP contribution in [-0.2, 0) is 7.05 Å². The molecule has 74 valence electrons. The first-order chi connectivity index (χ1) is 6.11. The molecular formula is C9H17N3S. The number of rotatable bonds is 4. The average molecular weight is 199 g/mol. The van der Waals surface area contributed by atoms with Crippen LogP contribution in [-0.4, -0.2) is 21.3 Å². The van der Waals surface area contributed by atoms with Crippen molar-refractivity contribution in [2.75, 3.05) is 5.75 Å². The third-order valence-electron chi connectivity index (χ3n) is 2.04. The summed E-state index contributed by atoms with van der Waals surface area (Å²) in [6.45, 7) is 4.29. The second kappa shape index (κ2) is 4.67. The third-order valence-corrected chi connectivity index (χ3v) is 3.24. The van der Waals surface area contributed by atoms with Crippen molar-refractivity contribution in [3.05, 3.63) is 12.4 Å². The van der Waals surface area contributed by atoms with Gasteiger partial charge in [-0.15, -0.1) is 0 Å². The number of nitrogens with zero attached hydrogens (tertiary/aromatic N) is 2. The van der Waals surface area contributed by atoms with E-state index in [2.05, 4.69) is 18.8 Å². The van der Waals surface area contributed by atoms with Gasteiger partial charge in [0.1, 0.15) is 0 Å². The summed E-state index contributed by atoms with van der Waals surface area (Å²) in [7, 11) is 2.00. The molecule has 0 radical (unpaired) electrons. The summed E-state index contributed by atoms with van der Waals surface area (Å²) in [6, 6.07) is 0.252. The Balaban J connectivity index is 2.39. The van der Waals surface area contributed by atoms with E-state index in [0.717, 1.165) is 10.9 Å². The van der Waals surface area contributed by atoms with E-state index in [1.54, 1.807) is 11.8 Å². The quantitative estimate of drug-likeness (QED) is 0.747. The zero-order valence-electron chi connectivity index (χ0n) is 8.40. The molecule has 0 amide bonds. The van der Waals surface area contributed by atoms with Gasteiger partial charge in [0.15, 0.2) is 5.16 Å². The van der Waals surface area contributed by atoms with Crippen LogP contribution >= 0.6 is 11.8 Å². The van der Waals surface area contributed by atoms with E-state index in [4.69, 9.17) is 5.73 Å². The molecule has 0 fully saturated rings. The van der Waals surface area contributed by atoms with Crippen LogP contribution in [0, 0.1) is 5.92 Å². The maximum Gasteiger partial charge on any atom is 0.167 e. The average Bonchev–Trinajstić information content (AvgIpc) is 2.47. The molecule has 3 nitrogen and oxygen atoms in total. The van der Waals surface area contributed by atoms with Gasteiger partial charge in [-0.2, -0.15) is 0 Å². The molecule has 1 aromatic rings. The van der Waals surface area contributed by atoms with Gasteiger partial charge in [0.25, 0.3) is 0 Å². The lowest BCUT2D eigenvalue weighted by Gasteiger charge is -2.14. The van der Waals surface area contributed by atoms with Gasteiger partial charge >= 0.3 is 0 Å². The van der Waals surface area contributed by atoms with Gasteiger partial charge in [-0.3, -0.25) is 0 Å². The van der Waals surface area contributed by atoms with E-state index in [1.165, 1.54) is 0 Å². The summed E-state index contributed by atoms with van der Waals surface area (Å²) in [5.74, 6) is 1.47. The summed E-state index contributed by atoms with van der Waals surface area (Å²) in [5, 5.41) is 1.04. The van der Waals surface area contributed by atoms with Crippen molar-refractivity contribution < 1.29 is 0 Å². The summed E-state index contributed by atoms with van der Waals surface area (Å²) < 4.78 is 2.01. The van der Waals surface area contributed by atoms with Gasteiger partial charge in [-0.25, -0.2) is 4.98 Å². The van der Waals surface area contributed by atoms with Crippen molar-refractivity contribution in [1.82, 2.24) is 9.55 Å². The molecule has 0 bridgehead atoms. The van der Waals surface area contributed by atoms with Crippen LogP contribution in [0.25, 0.3) is 0 Å². The number of aromatic nitrogens is 2. The van der Waals surface area contributed by atoms with Crippen molar-refractivity contribution in [3.63, 3.8) is 0 Å². The third kappa shape index (κ3) is 3.04. The Labute approximate surface area is 83.7 Å². The first kappa shape index (κ1) is 10.6. The van der Waals surface area contributed by atoms with Crippen LogP contribution in [0.3, 0.4) is 0 Å². The molecule has 1 atom stereocenters. The maximum atomic E-state index is 5.93. The van der Waals surface area contributed by atoms with E-state index in [1.807, 2.05) is 24.0 Å². The minimum atomic E-state index is 0.252. The number of aryl methyl sites for hydroxylation is 1. The van der Waals surface area contributed by atoms with Gasteiger partial charge < -0.3 is 10.3 Å². The number of thioether (sulfide) groups is 1. The molecule has 1 rings (SSSR count). The van der Waals surface area contributed by atoms with Crippen molar-refractivity contribution in [2.24, 2.45) is 18.7 Å². The summed E-state index contributed by atoms with van der Waals surface area (Å²) in [6.07, 6.45) is 3.76. The molecular weight excluding hydrogens is 182 g/mol. The SMILES string of the molecule is CC(C)[C@@H](N)CSc1nccn1C. The normalized spacial score (nSPS) is 13.6. The lowest BCUT2D eigenvalue weighted by Crippen LogP contribution is -2.28. The zero-order chi connectivity index (χ0) is 9.84. The molecule has 0 aromatic carbocycles. The molecule has 13 heavy (non-hydrogen) atoms. The topological polar surface area (TPSA) is 43.8 Å². The van der Waals surface area contributed by atoms with E-state index in [0.29, 0.717) is 5.92 Å². The molecule has 1 heterocycles. The fourth-order valence-electron chi connectivity index (χ4n) is 0.854. The van der Waals surface area contributed by atoms with E-state index in [-0.39, 0.29) is 6.04 Å². The van der Waals surface area contributed by atoms with Crippen LogP contribution in [0.1, 0.15) is 13.8 Å². The van der Waals surface area contributed by atoms with Gasteiger partial charge in [0, 0.05) is 31.2 Å². The van der Waals surface area contributed by atoms with E-state index < -0.39 is 0 Å². The Morgan fingerprint density at radius 2 is 2.31 bits per heavy atom. The van der Waals surface area contributed by atoms with Gasteiger partial charge in [0.05, 0.1) is 0 Å². The molecule has 2 N–H and O–H groups in total. The molecule has 0 saturated heterocycles. The Morgan fingerprint density at radius 3 is 2.77 bits per heavy atom. The Morgan fingerprint density at radius 1 is 1.62 bits per heavy atom. The highest BCUT2D eigenvalue weighted by atomic mass is 32.2. The first-order valence-corrected chi connectivity index (χ1v) is 5.45. The van der Waals surface area contributed by atoms with Gasteiger partial charge in [-0.1, -0.05) is 25.6 Å². The van der Waals surface area contributed by atoms with Crippen molar-refractivity contribution in [2.45, 2.75) is 25.0 Å². The lowest BCUT2D eigenvalue weighted by atomic mass is 10.1. The van der Waals surface area contributed by atoms with Crippen LogP contribution in [0.15, 0.2) is 17.6 Å². The van der Waals surface area contributed by atoms with Crippen molar-refractivity contribution >= 4 is 11.8 Å². The smallest absolute Gasteiger partial charge is 0.167 e. The minimum Gasteiger partial charge on any atom is -0.329 e. The molecule has 0 unspecified atom stereocenters. The maximum absolute atomic E-state index is 5.93. The molecule has 0 aliphatic carbocycles. The highest BCUT2D eigenvalue weighted by Gasteiger charge is 2.09. The van der Waals surface area contributed by atoms with E-state index in [9.17, 15) is 0 Å². The number of hydrogen-bond acceptors (Lipinski definition) is 3. The van der Waals surface area contributed by atoms with Crippen molar-refractivity contribution in [3.8, 4) is 0 Å². The van der Waals surface area contributed by atoms with E-state index >= 15 is 0 Å². The Bertz CT molecular complexity index is 257. The zero-order valence-corrected chi connectivity index (χ0v) is 9.21. The standard InChI is InChI=1S/C9H17N3S/c1-7(2)8(10)6-13-9-11-4-5-12(9)3/h4-5,7-8H,6,10H2,1-3H3/t8-/m0/s1. The first-order valence-electron chi connectivity index (χ1n) is 4.47. The fourth-order valence-corrected chi connectivity index (χ4v) is 1.98. The second-order valence-corrected chi connectivity index (χ2v) is 4.53. The predicted molar refractivity (Wildman–Crippen MR) is 56.7 cm³/mol. The minimum absolute atomic E-state index is 0.252. The Hall–Kier alpha value is -0.480. The van der Waals surface area contributed by atoms with Crippen LogP contribution in [0.5, 0.6) is 0 Å². The van der Waals surface area contributed by atoms with Crippen LogP contribution in [0.4, 0.5) is 0 Å². The predicted octanol–water partition coefficient (Wildman–Crippen LogP) is 1.50. The summed E-state index contributed by atoms with van der Waals surface area (Å²) in [5.41, 5.74) is 5.93. The molecule has 4 heteroatoms. The molecule has 0 aliphatic heterocycles. The van der Waals surface area contributed by atoms with Crippen LogP contribution < -0.4 is 5.73 Å². The number of hydrogen-bond donors (Lipinski definition) is 1. The largest absolute Gasteiger partial charge is 0.329 e. The van der Waals surface area contributed by atoms with Crippen molar-refractivity contribution in [1.29, 1.82) is 0 Å². The van der Waals surface area contributed by atoms with Crippen LogP contribution in [0.2, 0.25) is 0 Å².